The van der Waals surface area contributed by atoms with Crippen LogP contribution in [0.15, 0.2) is 46.3 Å². The number of nitrogens with zero attached hydrogens (tertiary/aromatic N) is 1. The first-order chi connectivity index (χ1) is 10.0. The van der Waals surface area contributed by atoms with Gasteiger partial charge in [-0.1, -0.05) is 17.8 Å². The minimum absolute atomic E-state index is 0.410. The number of aromatic nitrogens is 2. The van der Waals surface area contributed by atoms with Gasteiger partial charge in [0.05, 0.1) is 4.90 Å². The van der Waals surface area contributed by atoms with Crippen LogP contribution >= 0.6 is 11.8 Å². The molecule has 0 saturated carbocycles. The van der Waals surface area contributed by atoms with Crippen molar-refractivity contribution in [1.29, 1.82) is 0 Å². The molecule has 0 saturated heterocycles. The van der Waals surface area contributed by atoms with E-state index in [0.717, 1.165) is 15.2 Å². The first kappa shape index (κ1) is 13.7. The van der Waals surface area contributed by atoms with Gasteiger partial charge < -0.3 is 10.7 Å². The Balaban J connectivity index is 2.14. The molecule has 4 nitrogen and oxygen atoms in total. The highest BCUT2D eigenvalue weighted by Gasteiger charge is 2.17. The van der Waals surface area contributed by atoms with Crippen LogP contribution in [-0.2, 0) is 0 Å². The lowest BCUT2D eigenvalue weighted by molar-refractivity contribution is 0.0993. The third-order valence-electron chi connectivity index (χ3n) is 3.18. The highest BCUT2D eigenvalue weighted by atomic mass is 32.2. The standard InChI is InChI=1S/C16H15N3OS/c1-9-6-10(2)8-11(7-9)21-14-12-4-3-5-18-16(12)19-13(14)15(17)20/h3-8H,1-2H3,(H2,17,20)(H,18,19). The fraction of sp³-hybridized carbons (Fsp3) is 0.125. The number of rotatable bonds is 3. The van der Waals surface area contributed by atoms with E-state index in [0.29, 0.717) is 11.3 Å². The quantitative estimate of drug-likeness (QED) is 0.778. The van der Waals surface area contributed by atoms with Crippen molar-refractivity contribution in [2.45, 2.75) is 23.6 Å². The summed E-state index contributed by atoms with van der Waals surface area (Å²) in [6.45, 7) is 4.12. The van der Waals surface area contributed by atoms with E-state index < -0.39 is 5.91 Å². The molecule has 3 aromatic rings. The number of primary amides is 1. The largest absolute Gasteiger partial charge is 0.364 e. The molecule has 0 aliphatic heterocycles. The zero-order valence-electron chi connectivity index (χ0n) is 11.8. The molecule has 2 aromatic heterocycles. The molecular formula is C16H15N3OS. The number of nitrogens with one attached hydrogen (secondary N) is 1. The van der Waals surface area contributed by atoms with Gasteiger partial charge in [0.2, 0.25) is 0 Å². The van der Waals surface area contributed by atoms with Gasteiger partial charge in [0.25, 0.3) is 5.91 Å². The number of carbonyl (C=O) groups is 1. The molecule has 3 rings (SSSR count). The number of benzene rings is 1. The topological polar surface area (TPSA) is 71.8 Å². The summed E-state index contributed by atoms with van der Waals surface area (Å²) in [4.78, 5) is 20.8. The number of hydrogen-bond donors (Lipinski definition) is 2. The van der Waals surface area contributed by atoms with Crippen molar-refractivity contribution < 1.29 is 4.79 Å². The Hall–Kier alpha value is -2.27. The summed E-state index contributed by atoms with van der Waals surface area (Å²) in [7, 11) is 0. The number of aromatic amines is 1. The molecule has 0 radical (unpaired) electrons. The van der Waals surface area contributed by atoms with E-state index >= 15 is 0 Å². The Morgan fingerprint density at radius 3 is 2.62 bits per heavy atom. The van der Waals surface area contributed by atoms with Crippen LogP contribution in [0, 0.1) is 13.8 Å². The van der Waals surface area contributed by atoms with Gasteiger partial charge in [0, 0.05) is 16.5 Å². The lowest BCUT2D eigenvalue weighted by atomic mass is 10.2. The van der Waals surface area contributed by atoms with Crippen molar-refractivity contribution in [3.05, 3.63) is 53.3 Å². The number of carbonyl (C=O) groups excluding carboxylic acids is 1. The normalized spacial score (nSPS) is 11.0. The van der Waals surface area contributed by atoms with Crippen molar-refractivity contribution in [2.75, 3.05) is 0 Å². The molecule has 0 spiro atoms. The summed E-state index contributed by atoms with van der Waals surface area (Å²) in [6.07, 6.45) is 1.69. The molecule has 0 bridgehead atoms. The Bertz CT molecular complexity index is 818. The number of amides is 1. The van der Waals surface area contributed by atoms with Gasteiger partial charge in [0.15, 0.2) is 0 Å². The van der Waals surface area contributed by atoms with E-state index in [1.165, 1.54) is 22.9 Å². The molecule has 0 unspecified atom stereocenters. The highest BCUT2D eigenvalue weighted by Crippen LogP contribution is 2.36. The zero-order valence-corrected chi connectivity index (χ0v) is 12.6. The summed E-state index contributed by atoms with van der Waals surface area (Å²) < 4.78 is 0. The van der Waals surface area contributed by atoms with Crippen LogP contribution in [0.3, 0.4) is 0 Å². The molecule has 106 valence electrons. The van der Waals surface area contributed by atoms with Gasteiger partial charge in [-0.25, -0.2) is 4.98 Å². The van der Waals surface area contributed by atoms with Gasteiger partial charge >= 0.3 is 0 Å². The van der Waals surface area contributed by atoms with E-state index in [1.807, 2.05) is 12.1 Å². The Morgan fingerprint density at radius 2 is 1.95 bits per heavy atom. The predicted molar refractivity (Wildman–Crippen MR) is 84.7 cm³/mol. The lowest BCUT2D eigenvalue weighted by Crippen LogP contribution is -2.12. The van der Waals surface area contributed by atoms with Crippen LogP contribution in [0.5, 0.6) is 0 Å². The molecule has 2 heterocycles. The van der Waals surface area contributed by atoms with Crippen LogP contribution < -0.4 is 5.73 Å². The molecule has 3 N–H and O–H groups in total. The van der Waals surface area contributed by atoms with Crippen LogP contribution in [0.1, 0.15) is 21.6 Å². The fourth-order valence-electron chi connectivity index (χ4n) is 2.39. The molecule has 0 aliphatic carbocycles. The van der Waals surface area contributed by atoms with Crippen LogP contribution in [0.4, 0.5) is 0 Å². The predicted octanol–water partition coefficient (Wildman–Crippen LogP) is 3.43. The molecule has 1 amide bonds. The van der Waals surface area contributed by atoms with Gasteiger partial charge in [-0.2, -0.15) is 0 Å². The number of fused-ring (bicyclic) bond motifs is 1. The molecular weight excluding hydrogens is 282 g/mol. The van der Waals surface area contributed by atoms with Gasteiger partial charge in [-0.15, -0.1) is 0 Å². The van der Waals surface area contributed by atoms with Crippen LogP contribution in [-0.4, -0.2) is 15.9 Å². The molecule has 0 fully saturated rings. The van der Waals surface area contributed by atoms with E-state index in [-0.39, 0.29) is 0 Å². The molecule has 0 atom stereocenters. The summed E-state index contributed by atoms with van der Waals surface area (Å²) >= 11 is 1.53. The minimum Gasteiger partial charge on any atom is -0.364 e. The van der Waals surface area contributed by atoms with E-state index in [9.17, 15) is 4.79 Å². The average molecular weight is 297 g/mol. The van der Waals surface area contributed by atoms with E-state index in [4.69, 9.17) is 5.73 Å². The lowest BCUT2D eigenvalue weighted by Gasteiger charge is -2.05. The van der Waals surface area contributed by atoms with Crippen molar-refractivity contribution in [3.8, 4) is 0 Å². The summed E-state index contributed by atoms with van der Waals surface area (Å²) in [6, 6.07) is 10.1. The highest BCUT2D eigenvalue weighted by molar-refractivity contribution is 7.99. The van der Waals surface area contributed by atoms with Crippen molar-refractivity contribution in [1.82, 2.24) is 9.97 Å². The Morgan fingerprint density at radius 1 is 1.24 bits per heavy atom. The zero-order chi connectivity index (χ0) is 15.0. The van der Waals surface area contributed by atoms with Crippen LogP contribution in [0.2, 0.25) is 0 Å². The molecule has 1 aromatic carbocycles. The second kappa shape index (κ2) is 5.26. The second-order valence-electron chi connectivity index (χ2n) is 5.02. The SMILES string of the molecule is Cc1cc(C)cc(Sc2c(C(N)=O)[nH]c3ncccc23)c1. The molecule has 5 heteroatoms. The van der Waals surface area contributed by atoms with Crippen molar-refractivity contribution in [2.24, 2.45) is 5.73 Å². The van der Waals surface area contributed by atoms with Crippen molar-refractivity contribution >= 4 is 28.7 Å². The molecule has 0 aliphatic rings. The maximum absolute atomic E-state index is 11.7. The van der Waals surface area contributed by atoms with E-state index in [2.05, 4.69) is 42.0 Å². The van der Waals surface area contributed by atoms with Crippen LogP contribution in [0.25, 0.3) is 11.0 Å². The summed E-state index contributed by atoms with van der Waals surface area (Å²) in [5, 5.41) is 0.912. The van der Waals surface area contributed by atoms with Gasteiger partial charge in [0.1, 0.15) is 11.3 Å². The van der Waals surface area contributed by atoms with Gasteiger partial charge in [-0.05, 0) is 49.2 Å². The monoisotopic (exact) mass is 297 g/mol. The smallest absolute Gasteiger partial charge is 0.266 e. The van der Waals surface area contributed by atoms with Gasteiger partial charge in [-0.3, -0.25) is 4.79 Å². The minimum atomic E-state index is -0.472. The summed E-state index contributed by atoms with van der Waals surface area (Å²) in [5.74, 6) is -0.472. The molecule has 21 heavy (non-hydrogen) atoms. The third-order valence-corrected chi connectivity index (χ3v) is 4.28. The third kappa shape index (κ3) is 2.64. The number of H-pyrrole nitrogens is 1. The van der Waals surface area contributed by atoms with Crippen molar-refractivity contribution in [3.63, 3.8) is 0 Å². The first-order valence-corrected chi connectivity index (χ1v) is 7.39. The Kier molecular flexibility index (Phi) is 3.43. The number of nitrogens with two attached hydrogens (primary N) is 1. The Labute approximate surface area is 126 Å². The number of hydrogen-bond acceptors (Lipinski definition) is 3. The summed E-state index contributed by atoms with van der Waals surface area (Å²) in [5.41, 5.74) is 8.95. The second-order valence-corrected chi connectivity index (χ2v) is 6.10. The maximum Gasteiger partial charge on any atom is 0.266 e. The maximum atomic E-state index is 11.7. The number of pyridine rings is 1. The fourth-order valence-corrected chi connectivity index (χ4v) is 3.64. The number of aryl methyl sites for hydroxylation is 2. The average Bonchev–Trinajstić information content (AvgIpc) is 2.77. The van der Waals surface area contributed by atoms with E-state index in [1.54, 1.807) is 6.20 Å². The first-order valence-electron chi connectivity index (χ1n) is 6.57.